The maximum absolute atomic E-state index is 12.4. The van der Waals surface area contributed by atoms with Gasteiger partial charge in [0.05, 0.1) is 12.1 Å². The summed E-state index contributed by atoms with van der Waals surface area (Å²) in [7, 11) is 0. The minimum absolute atomic E-state index is 0.149. The number of alkyl carbamates (subject to hydrolysis) is 1. The van der Waals surface area contributed by atoms with Gasteiger partial charge in [0.25, 0.3) is 0 Å². The molecular formula is C19H30N2O3. The first kappa shape index (κ1) is 18.7. The third-order valence-corrected chi connectivity index (χ3v) is 4.45. The topological polar surface area (TPSA) is 70.6 Å². The van der Waals surface area contributed by atoms with Gasteiger partial charge in [-0.15, -0.1) is 0 Å². The lowest BCUT2D eigenvalue weighted by Crippen LogP contribution is -2.52. The third kappa shape index (κ3) is 5.21. The number of rotatable bonds is 5. The van der Waals surface area contributed by atoms with Crippen LogP contribution in [0.25, 0.3) is 0 Å². The van der Waals surface area contributed by atoms with E-state index >= 15 is 0 Å². The molecule has 1 amide bonds. The molecule has 0 aromatic heterocycles. The highest BCUT2D eigenvalue weighted by Crippen LogP contribution is 2.37. The average Bonchev–Trinajstić information content (AvgIpc) is 2.53. The van der Waals surface area contributed by atoms with Crippen molar-refractivity contribution in [1.82, 2.24) is 10.6 Å². The Labute approximate surface area is 144 Å². The van der Waals surface area contributed by atoms with Crippen LogP contribution in [-0.2, 0) is 10.3 Å². The third-order valence-electron chi connectivity index (χ3n) is 4.45. The fourth-order valence-corrected chi connectivity index (χ4v) is 3.33. The van der Waals surface area contributed by atoms with Gasteiger partial charge in [-0.25, -0.2) is 4.79 Å². The number of amides is 1. The first-order chi connectivity index (χ1) is 11.3. The Morgan fingerprint density at radius 3 is 2.42 bits per heavy atom. The molecule has 0 bridgehead atoms. The molecule has 1 aromatic carbocycles. The second-order valence-corrected chi connectivity index (χ2v) is 7.53. The van der Waals surface area contributed by atoms with Gasteiger partial charge in [-0.3, -0.25) is 0 Å². The zero-order valence-corrected chi connectivity index (χ0v) is 15.0. The molecule has 1 aliphatic carbocycles. The van der Waals surface area contributed by atoms with Gasteiger partial charge >= 0.3 is 6.09 Å². The Morgan fingerprint density at radius 2 is 1.88 bits per heavy atom. The van der Waals surface area contributed by atoms with E-state index in [1.54, 1.807) is 0 Å². The molecule has 1 fully saturated rings. The Kier molecular flexibility index (Phi) is 6.24. The first-order valence-electron chi connectivity index (χ1n) is 8.76. The minimum atomic E-state index is -0.512. The van der Waals surface area contributed by atoms with Crippen LogP contribution in [0, 0.1) is 0 Å². The SMILES string of the molecule is CC(C)(C)OC(=O)N[C@]1(c2ccccc2)CC[C@@H](NCCO)CC1. The minimum Gasteiger partial charge on any atom is -0.444 e. The second kappa shape index (κ2) is 7.99. The monoisotopic (exact) mass is 334 g/mol. The molecule has 0 saturated heterocycles. The predicted octanol–water partition coefficient (Wildman–Crippen LogP) is 2.93. The number of ether oxygens (including phenoxy) is 1. The van der Waals surface area contributed by atoms with Crippen molar-refractivity contribution in [2.45, 2.75) is 63.6 Å². The van der Waals surface area contributed by atoms with E-state index in [1.807, 2.05) is 39.0 Å². The summed E-state index contributed by atoms with van der Waals surface area (Å²) in [4.78, 5) is 12.4. The predicted molar refractivity (Wildman–Crippen MR) is 94.8 cm³/mol. The number of carbonyl (C=O) groups excluding carboxylic acids is 1. The normalized spacial score (nSPS) is 24.4. The van der Waals surface area contributed by atoms with Crippen LogP contribution < -0.4 is 10.6 Å². The van der Waals surface area contributed by atoms with Gasteiger partial charge in [0.2, 0.25) is 0 Å². The molecule has 0 aliphatic heterocycles. The highest BCUT2D eigenvalue weighted by molar-refractivity contribution is 5.69. The van der Waals surface area contributed by atoms with E-state index < -0.39 is 5.60 Å². The van der Waals surface area contributed by atoms with Crippen LogP contribution in [0.3, 0.4) is 0 Å². The molecule has 1 saturated carbocycles. The van der Waals surface area contributed by atoms with E-state index in [2.05, 4.69) is 22.8 Å². The molecule has 0 atom stereocenters. The first-order valence-corrected chi connectivity index (χ1v) is 8.76. The quantitative estimate of drug-likeness (QED) is 0.774. The number of carbonyl (C=O) groups is 1. The van der Waals surface area contributed by atoms with Crippen molar-refractivity contribution in [2.75, 3.05) is 13.2 Å². The number of nitrogens with one attached hydrogen (secondary N) is 2. The molecular weight excluding hydrogens is 304 g/mol. The van der Waals surface area contributed by atoms with Gasteiger partial charge in [-0.05, 0) is 52.0 Å². The van der Waals surface area contributed by atoms with Crippen molar-refractivity contribution in [3.8, 4) is 0 Å². The summed E-state index contributed by atoms with van der Waals surface area (Å²) in [5.74, 6) is 0. The fourth-order valence-electron chi connectivity index (χ4n) is 3.33. The molecule has 3 N–H and O–H groups in total. The molecule has 24 heavy (non-hydrogen) atoms. The number of hydrogen-bond acceptors (Lipinski definition) is 4. The summed E-state index contributed by atoms with van der Waals surface area (Å²) in [6.45, 7) is 6.38. The van der Waals surface area contributed by atoms with E-state index in [-0.39, 0.29) is 18.2 Å². The van der Waals surface area contributed by atoms with Crippen LogP contribution in [0.15, 0.2) is 30.3 Å². The second-order valence-electron chi connectivity index (χ2n) is 7.53. The van der Waals surface area contributed by atoms with Gasteiger partial charge in [0, 0.05) is 12.6 Å². The Hall–Kier alpha value is -1.59. The van der Waals surface area contributed by atoms with Crippen LogP contribution in [0.5, 0.6) is 0 Å². The average molecular weight is 334 g/mol. The van der Waals surface area contributed by atoms with Crippen molar-refractivity contribution in [3.05, 3.63) is 35.9 Å². The zero-order chi connectivity index (χ0) is 17.6. The molecule has 0 unspecified atom stereocenters. The van der Waals surface area contributed by atoms with Crippen LogP contribution in [0.1, 0.15) is 52.0 Å². The number of benzene rings is 1. The lowest BCUT2D eigenvalue weighted by atomic mass is 9.75. The summed E-state index contributed by atoms with van der Waals surface area (Å²) < 4.78 is 5.48. The maximum atomic E-state index is 12.4. The van der Waals surface area contributed by atoms with Crippen LogP contribution in [0.4, 0.5) is 4.79 Å². The standard InChI is InChI=1S/C19H30N2O3/c1-18(2,3)24-17(23)21-19(15-7-5-4-6-8-15)11-9-16(10-12-19)20-13-14-22/h4-8,16,20,22H,9-14H2,1-3H3,(H,21,23)/t16-,19-. The lowest BCUT2D eigenvalue weighted by Gasteiger charge is -2.41. The molecule has 2 rings (SSSR count). The zero-order valence-electron chi connectivity index (χ0n) is 15.0. The summed E-state index contributed by atoms with van der Waals surface area (Å²) in [6.07, 6.45) is 3.22. The van der Waals surface area contributed by atoms with Gasteiger partial charge < -0.3 is 20.5 Å². The summed E-state index contributed by atoms with van der Waals surface area (Å²) in [5.41, 5.74) is 0.222. The van der Waals surface area contributed by atoms with Crippen LogP contribution in [-0.4, -0.2) is 36.0 Å². The van der Waals surface area contributed by atoms with Gasteiger partial charge in [0.15, 0.2) is 0 Å². The Bertz CT molecular complexity index is 517. The molecule has 0 spiro atoms. The molecule has 0 heterocycles. The molecule has 1 aliphatic rings. The maximum Gasteiger partial charge on any atom is 0.408 e. The van der Waals surface area contributed by atoms with Gasteiger partial charge in [0.1, 0.15) is 5.60 Å². The number of aliphatic hydroxyl groups excluding tert-OH is 1. The van der Waals surface area contributed by atoms with Crippen LogP contribution >= 0.6 is 0 Å². The Balaban J connectivity index is 2.11. The molecule has 5 nitrogen and oxygen atoms in total. The summed E-state index contributed by atoms with van der Waals surface area (Å²) >= 11 is 0. The van der Waals surface area contributed by atoms with E-state index in [0.29, 0.717) is 12.6 Å². The smallest absolute Gasteiger partial charge is 0.408 e. The van der Waals surface area contributed by atoms with Crippen molar-refractivity contribution in [3.63, 3.8) is 0 Å². The van der Waals surface area contributed by atoms with E-state index in [9.17, 15) is 4.79 Å². The van der Waals surface area contributed by atoms with E-state index in [4.69, 9.17) is 9.84 Å². The fraction of sp³-hybridized carbons (Fsp3) is 0.632. The van der Waals surface area contributed by atoms with Crippen molar-refractivity contribution < 1.29 is 14.6 Å². The Morgan fingerprint density at radius 1 is 1.25 bits per heavy atom. The van der Waals surface area contributed by atoms with Crippen molar-refractivity contribution in [1.29, 1.82) is 0 Å². The lowest BCUT2D eigenvalue weighted by molar-refractivity contribution is 0.0410. The molecule has 134 valence electrons. The largest absolute Gasteiger partial charge is 0.444 e. The molecule has 0 radical (unpaired) electrons. The molecule has 5 heteroatoms. The number of hydrogen-bond donors (Lipinski definition) is 3. The van der Waals surface area contributed by atoms with Crippen molar-refractivity contribution in [2.24, 2.45) is 0 Å². The van der Waals surface area contributed by atoms with E-state index in [1.165, 1.54) is 0 Å². The summed E-state index contributed by atoms with van der Waals surface area (Å²) in [5, 5.41) is 15.5. The van der Waals surface area contributed by atoms with Crippen LogP contribution in [0.2, 0.25) is 0 Å². The number of aliphatic hydroxyl groups is 1. The van der Waals surface area contributed by atoms with E-state index in [0.717, 1.165) is 31.2 Å². The highest BCUT2D eigenvalue weighted by Gasteiger charge is 2.39. The van der Waals surface area contributed by atoms with Crippen molar-refractivity contribution >= 4 is 6.09 Å². The highest BCUT2D eigenvalue weighted by atomic mass is 16.6. The summed E-state index contributed by atoms with van der Waals surface area (Å²) in [6, 6.07) is 10.5. The van der Waals surface area contributed by atoms with Gasteiger partial charge in [-0.1, -0.05) is 30.3 Å². The van der Waals surface area contributed by atoms with Gasteiger partial charge in [-0.2, -0.15) is 0 Å². The molecule has 1 aromatic rings.